The zero-order valence-corrected chi connectivity index (χ0v) is 17.3. The number of benzene rings is 1. The van der Waals surface area contributed by atoms with Crippen LogP contribution in [0.25, 0.3) is 5.69 Å². The monoisotopic (exact) mass is 415 g/mol. The highest BCUT2D eigenvalue weighted by Gasteiger charge is 2.25. The summed E-state index contributed by atoms with van der Waals surface area (Å²) in [6, 6.07) is 5.35. The van der Waals surface area contributed by atoms with Crippen LogP contribution in [0, 0.1) is 0 Å². The number of carbonyl (C=O) groups excluding carboxylic acids is 2. The largest absolute Gasteiger partial charge is 0.491 e. The average molecular weight is 415 g/mol. The maximum absolute atomic E-state index is 12.2. The van der Waals surface area contributed by atoms with E-state index < -0.39 is 0 Å². The van der Waals surface area contributed by atoms with Crippen molar-refractivity contribution in [2.75, 3.05) is 19.8 Å². The Labute approximate surface area is 175 Å². The van der Waals surface area contributed by atoms with Crippen LogP contribution in [0.3, 0.4) is 0 Å². The molecule has 2 aromatic rings. The molecule has 1 fully saturated rings. The number of nitrogens with one attached hydrogen (secondary N) is 2. The fourth-order valence-corrected chi connectivity index (χ4v) is 2.95. The maximum atomic E-state index is 12.2. The summed E-state index contributed by atoms with van der Waals surface area (Å²) >= 11 is 0. The van der Waals surface area contributed by atoms with Crippen molar-refractivity contribution in [2.24, 2.45) is 0 Å². The van der Waals surface area contributed by atoms with Gasteiger partial charge in [-0.15, -0.1) is 5.10 Å². The van der Waals surface area contributed by atoms with Gasteiger partial charge in [0.1, 0.15) is 11.4 Å². The van der Waals surface area contributed by atoms with Crippen molar-refractivity contribution in [2.45, 2.75) is 51.5 Å². The van der Waals surface area contributed by atoms with Crippen molar-refractivity contribution in [3.8, 4) is 11.4 Å². The average Bonchev–Trinajstić information content (AvgIpc) is 3.42. The van der Waals surface area contributed by atoms with E-state index in [2.05, 4.69) is 20.9 Å². The Morgan fingerprint density at radius 3 is 2.73 bits per heavy atom. The van der Waals surface area contributed by atoms with Gasteiger partial charge in [0.25, 0.3) is 11.8 Å². The Morgan fingerprint density at radius 1 is 1.20 bits per heavy atom. The van der Waals surface area contributed by atoms with Crippen LogP contribution in [-0.4, -0.2) is 57.7 Å². The highest BCUT2D eigenvalue weighted by atomic mass is 16.5. The second-order valence-electron chi connectivity index (χ2n) is 7.32. The van der Waals surface area contributed by atoms with Crippen molar-refractivity contribution >= 4 is 11.8 Å². The van der Waals surface area contributed by atoms with Crippen LogP contribution in [0.5, 0.6) is 5.75 Å². The van der Waals surface area contributed by atoms with E-state index >= 15 is 0 Å². The second-order valence-corrected chi connectivity index (χ2v) is 7.32. The molecule has 0 radical (unpaired) electrons. The minimum atomic E-state index is -0.242. The van der Waals surface area contributed by atoms with Gasteiger partial charge in [0, 0.05) is 24.8 Å². The summed E-state index contributed by atoms with van der Waals surface area (Å²) in [5, 5.41) is 22.6. The first-order valence-corrected chi connectivity index (χ1v) is 10.5. The van der Waals surface area contributed by atoms with Gasteiger partial charge < -0.3 is 20.5 Å². The molecule has 0 saturated heterocycles. The van der Waals surface area contributed by atoms with Crippen LogP contribution in [0.1, 0.15) is 66.3 Å². The van der Waals surface area contributed by atoms with Crippen LogP contribution in [0.15, 0.2) is 24.4 Å². The fourth-order valence-electron chi connectivity index (χ4n) is 2.95. The number of rotatable bonds is 12. The minimum Gasteiger partial charge on any atom is -0.491 e. The highest BCUT2D eigenvalue weighted by Crippen LogP contribution is 2.25. The van der Waals surface area contributed by atoms with Gasteiger partial charge in [-0.05, 0) is 57.2 Å². The molecular formula is C21H29N5O4. The van der Waals surface area contributed by atoms with E-state index in [-0.39, 0.29) is 30.2 Å². The van der Waals surface area contributed by atoms with Crippen LogP contribution in [0.4, 0.5) is 0 Å². The number of hydrogen-bond acceptors (Lipinski definition) is 6. The quantitative estimate of drug-likeness (QED) is 0.455. The molecule has 162 valence electrons. The lowest BCUT2D eigenvalue weighted by molar-refractivity contribution is 0.0941. The molecule has 9 heteroatoms. The molecule has 1 aliphatic carbocycles. The number of ether oxygens (including phenoxy) is 1. The van der Waals surface area contributed by atoms with Crippen LogP contribution < -0.4 is 15.4 Å². The third kappa shape index (κ3) is 6.03. The first-order valence-electron chi connectivity index (χ1n) is 10.5. The van der Waals surface area contributed by atoms with Crippen molar-refractivity contribution in [1.29, 1.82) is 0 Å². The predicted octanol–water partition coefficient (Wildman–Crippen LogP) is 1.84. The van der Waals surface area contributed by atoms with Gasteiger partial charge in [-0.3, -0.25) is 9.59 Å². The zero-order valence-electron chi connectivity index (χ0n) is 17.3. The number of aromatic nitrogens is 3. The van der Waals surface area contributed by atoms with E-state index in [1.54, 1.807) is 24.4 Å². The number of hydrogen-bond donors (Lipinski definition) is 3. The summed E-state index contributed by atoms with van der Waals surface area (Å²) in [5.41, 5.74) is 1.34. The molecule has 9 nitrogen and oxygen atoms in total. The van der Waals surface area contributed by atoms with Gasteiger partial charge in [-0.25, -0.2) is 4.68 Å². The first-order chi connectivity index (χ1) is 14.6. The maximum Gasteiger partial charge on any atom is 0.273 e. The van der Waals surface area contributed by atoms with E-state index in [0.717, 1.165) is 38.5 Å². The number of amides is 2. The van der Waals surface area contributed by atoms with Crippen LogP contribution >= 0.6 is 0 Å². The Balaban J connectivity index is 1.75. The van der Waals surface area contributed by atoms with E-state index in [1.807, 2.05) is 6.92 Å². The summed E-state index contributed by atoms with van der Waals surface area (Å²) < 4.78 is 7.44. The van der Waals surface area contributed by atoms with Gasteiger partial charge >= 0.3 is 0 Å². The molecule has 1 aromatic carbocycles. The molecule has 1 aliphatic rings. The van der Waals surface area contributed by atoms with Crippen molar-refractivity contribution in [3.05, 3.63) is 35.7 Å². The number of aliphatic hydroxyl groups excluding tert-OH is 1. The number of aliphatic hydroxyl groups is 1. The molecule has 0 unspecified atom stereocenters. The Kier molecular flexibility index (Phi) is 7.78. The molecule has 2 amide bonds. The van der Waals surface area contributed by atoms with Gasteiger partial charge in [-0.1, -0.05) is 11.6 Å². The summed E-state index contributed by atoms with van der Waals surface area (Å²) in [4.78, 5) is 24.4. The smallest absolute Gasteiger partial charge is 0.273 e. The standard InChI is InChI=1S/C21H29N5O4/c1-2-22-20(28)15-7-10-18(19(13-15)30-12-6-4-3-5-11-27)26-14-17(24-25-26)21(29)23-16-8-9-16/h7,10,13-14,16,27H,2-6,8-9,11-12H2,1H3,(H,22,28)(H,23,29). The lowest BCUT2D eigenvalue weighted by Crippen LogP contribution is -2.25. The Morgan fingerprint density at radius 2 is 2.00 bits per heavy atom. The minimum absolute atomic E-state index is 0.181. The molecule has 0 atom stereocenters. The SMILES string of the molecule is CCNC(=O)c1ccc(-n2cc(C(=O)NC3CC3)nn2)c(OCCCCCCO)c1. The summed E-state index contributed by atoms with van der Waals surface area (Å²) in [6.07, 6.45) is 7.05. The van der Waals surface area contributed by atoms with Crippen molar-refractivity contribution < 1.29 is 19.4 Å². The van der Waals surface area contributed by atoms with Crippen molar-refractivity contribution in [3.63, 3.8) is 0 Å². The normalized spacial score (nSPS) is 13.1. The van der Waals surface area contributed by atoms with Gasteiger partial charge in [0.2, 0.25) is 0 Å². The fraction of sp³-hybridized carbons (Fsp3) is 0.524. The van der Waals surface area contributed by atoms with Crippen LogP contribution in [0.2, 0.25) is 0 Å². The lowest BCUT2D eigenvalue weighted by atomic mass is 10.1. The first kappa shape index (κ1) is 21.8. The Bertz CT molecular complexity index is 863. The third-order valence-electron chi connectivity index (χ3n) is 4.75. The molecule has 0 bridgehead atoms. The topological polar surface area (TPSA) is 118 Å². The summed E-state index contributed by atoms with van der Waals surface area (Å²) in [5.74, 6) is 0.0777. The molecule has 0 aliphatic heterocycles. The molecule has 1 aromatic heterocycles. The van der Waals surface area contributed by atoms with Gasteiger partial charge in [-0.2, -0.15) is 0 Å². The van der Waals surface area contributed by atoms with E-state index in [9.17, 15) is 9.59 Å². The summed E-state index contributed by atoms with van der Waals surface area (Å²) in [6.45, 7) is 3.06. The number of carbonyl (C=O) groups is 2. The molecule has 1 saturated carbocycles. The predicted molar refractivity (Wildman–Crippen MR) is 111 cm³/mol. The number of nitrogens with zero attached hydrogens (tertiary/aromatic N) is 3. The highest BCUT2D eigenvalue weighted by molar-refractivity contribution is 5.95. The van der Waals surface area contributed by atoms with E-state index in [4.69, 9.17) is 9.84 Å². The second kappa shape index (κ2) is 10.7. The van der Waals surface area contributed by atoms with Crippen LogP contribution in [-0.2, 0) is 0 Å². The van der Waals surface area contributed by atoms with Gasteiger partial charge in [0.15, 0.2) is 5.69 Å². The molecule has 30 heavy (non-hydrogen) atoms. The van der Waals surface area contributed by atoms with E-state index in [0.29, 0.717) is 30.2 Å². The lowest BCUT2D eigenvalue weighted by Gasteiger charge is -2.13. The number of unbranched alkanes of at least 4 members (excludes halogenated alkanes) is 3. The van der Waals surface area contributed by atoms with Gasteiger partial charge in [0.05, 0.1) is 12.8 Å². The molecule has 1 heterocycles. The summed E-state index contributed by atoms with van der Waals surface area (Å²) in [7, 11) is 0. The zero-order chi connectivity index (χ0) is 21.3. The third-order valence-corrected chi connectivity index (χ3v) is 4.75. The van der Waals surface area contributed by atoms with E-state index in [1.165, 1.54) is 4.68 Å². The molecule has 0 spiro atoms. The van der Waals surface area contributed by atoms with Crippen molar-refractivity contribution in [1.82, 2.24) is 25.6 Å². The molecular weight excluding hydrogens is 386 g/mol. The molecule has 3 rings (SSSR count). The molecule has 3 N–H and O–H groups in total. The Hall–Kier alpha value is -2.94.